The van der Waals surface area contributed by atoms with Gasteiger partial charge >= 0.3 is 23.1 Å². The van der Waals surface area contributed by atoms with Crippen molar-refractivity contribution in [2.45, 2.75) is 34.1 Å². The van der Waals surface area contributed by atoms with Crippen LogP contribution in [-0.2, 0) is 0 Å². The minimum Gasteiger partial charge on any atom is -1.00 e. The number of nitriles is 1. The maximum absolute atomic E-state index is 11.4. The fourth-order valence-electron chi connectivity index (χ4n) is 1.43. The SMILES string of the molecule is CC(C)CC(=O)c1ccccn1.N#Cc1ccccn1.[Br-].[CH2-]C(C)C.[Mg+2]. The monoisotopic (exact) mass is 427 g/mol. The number of hydrogen-bond acceptors (Lipinski definition) is 4. The quantitative estimate of drug-likeness (QED) is 0.421. The van der Waals surface area contributed by atoms with Gasteiger partial charge in [-0.15, -0.1) is 0 Å². The average molecular weight is 429 g/mol. The summed E-state index contributed by atoms with van der Waals surface area (Å²) in [4.78, 5) is 19.1. The van der Waals surface area contributed by atoms with Gasteiger partial charge < -0.3 is 23.9 Å². The molecule has 6 heteroatoms. The largest absolute Gasteiger partial charge is 2.00 e. The molecular weight excluding hydrogens is 402 g/mol. The van der Waals surface area contributed by atoms with Crippen LogP contribution in [0.4, 0.5) is 0 Å². The summed E-state index contributed by atoms with van der Waals surface area (Å²) in [5.74, 6) is 1.12. The molecule has 0 atom stereocenters. The number of carbonyl (C=O) groups excluding carboxylic acids is 1. The maximum Gasteiger partial charge on any atom is 2.00 e. The number of nitrogens with zero attached hydrogens (tertiary/aromatic N) is 3. The number of rotatable bonds is 3. The maximum atomic E-state index is 11.4. The molecule has 0 aliphatic carbocycles. The van der Waals surface area contributed by atoms with Crippen molar-refractivity contribution in [1.29, 1.82) is 5.26 Å². The summed E-state index contributed by atoms with van der Waals surface area (Å²) in [5.41, 5.74) is 1.04. The van der Waals surface area contributed by atoms with Crippen molar-refractivity contribution in [2.75, 3.05) is 0 Å². The molecule has 0 saturated heterocycles. The molecule has 2 aromatic rings. The van der Waals surface area contributed by atoms with Gasteiger partial charge in [-0.25, -0.2) is 4.98 Å². The Hall–Kier alpha value is -1.29. The van der Waals surface area contributed by atoms with E-state index in [1.807, 2.05) is 32.0 Å². The number of Topliss-reactive ketones (excluding diaryl/α,β-unsaturated/α-hetero) is 1. The summed E-state index contributed by atoms with van der Waals surface area (Å²) >= 11 is 0. The summed E-state index contributed by atoms with van der Waals surface area (Å²) in [6.45, 7) is 11.8. The molecule has 0 saturated carbocycles. The van der Waals surface area contributed by atoms with Gasteiger partial charge in [0.05, 0.1) is 0 Å². The first kappa shape index (κ1) is 29.5. The van der Waals surface area contributed by atoms with E-state index in [1.165, 1.54) is 0 Å². The standard InChI is InChI=1S/C10H13NO.C6H4N2.C4H9.BrH.Mg/c1-8(2)7-10(12)9-5-3-4-6-11-9;7-5-6-3-1-2-4-8-6;1-4(2)3;;/h3-6,8H,7H2,1-2H3;1-4H;4H,1H2,2-3H3;1H;/q;;-1;;+2/p-1. The molecule has 0 aromatic carbocycles. The molecule has 26 heavy (non-hydrogen) atoms. The zero-order valence-corrected chi connectivity index (χ0v) is 19.0. The molecule has 0 N–H and O–H groups in total. The molecule has 0 aliphatic rings. The number of aromatic nitrogens is 2. The second-order valence-corrected chi connectivity index (χ2v) is 5.96. The first-order valence-corrected chi connectivity index (χ1v) is 7.95. The molecule has 136 valence electrons. The molecule has 0 amide bonds. The minimum atomic E-state index is 0. The van der Waals surface area contributed by atoms with Gasteiger partial charge in [-0.05, 0) is 30.2 Å². The van der Waals surface area contributed by atoms with Crippen molar-refractivity contribution in [3.63, 3.8) is 0 Å². The molecule has 4 nitrogen and oxygen atoms in total. The second-order valence-electron chi connectivity index (χ2n) is 5.96. The molecule has 2 aromatic heterocycles. The van der Waals surface area contributed by atoms with Crippen LogP contribution in [-0.4, -0.2) is 38.8 Å². The molecule has 2 heterocycles. The van der Waals surface area contributed by atoms with Gasteiger partial charge in [0.2, 0.25) is 0 Å². The van der Waals surface area contributed by atoms with Crippen molar-refractivity contribution < 1.29 is 21.8 Å². The van der Waals surface area contributed by atoms with Crippen molar-refractivity contribution in [1.82, 2.24) is 9.97 Å². The number of ketones is 1. The van der Waals surface area contributed by atoms with E-state index in [2.05, 4.69) is 30.7 Å². The van der Waals surface area contributed by atoms with E-state index in [9.17, 15) is 4.79 Å². The van der Waals surface area contributed by atoms with E-state index in [-0.39, 0.29) is 45.8 Å². The third-order valence-electron chi connectivity index (χ3n) is 2.32. The fraction of sp³-hybridized carbons (Fsp3) is 0.350. The first-order chi connectivity index (χ1) is 11.4. The minimum absolute atomic E-state index is 0. The summed E-state index contributed by atoms with van der Waals surface area (Å²) < 4.78 is 0. The van der Waals surface area contributed by atoms with E-state index in [0.29, 0.717) is 29.6 Å². The molecule has 0 aliphatic heterocycles. The topological polar surface area (TPSA) is 66.6 Å². The van der Waals surface area contributed by atoms with E-state index in [0.717, 1.165) is 0 Å². The molecule has 0 bridgehead atoms. The van der Waals surface area contributed by atoms with E-state index in [4.69, 9.17) is 5.26 Å². The molecule has 0 radical (unpaired) electrons. The smallest absolute Gasteiger partial charge is 1.00 e. The van der Waals surface area contributed by atoms with Crippen LogP contribution in [0.1, 0.15) is 50.3 Å². The first-order valence-electron chi connectivity index (χ1n) is 7.95. The average Bonchev–Trinajstić information content (AvgIpc) is 2.56. The number of halogens is 1. The van der Waals surface area contributed by atoms with Crippen LogP contribution in [0.3, 0.4) is 0 Å². The van der Waals surface area contributed by atoms with Crippen LogP contribution >= 0.6 is 0 Å². The van der Waals surface area contributed by atoms with E-state index in [1.54, 1.807) is 36.7 Å². The van der Waals surface area contributed by atoms with E-state index < -0.39 is 0 Å². The molecule has 0 spiro atoms. The van der Waals surface area contributed by atoms with Gasteiger partial charge in [-0.3, -0.25) is 9.78 Å². The van der Waals surface area contributed by atoms with Gasteiger partial charge in [-0.2, -0.15) is 11.2 Å². The van der Waals surface area contributed by atoms with Crippen molar-refractivity contribution in [3.05, 3.63) is 67.1 Å². The van der Waals surface area contributed by atoms with Crippen molar-refractivity contribution >= 4 is 28.8 Å². The van der Waals surface area contributed by atoms with Crippen LogP contribution in [0.25, 0.3) is 0 Å². The van der Waals surface area contributed by atoms with Crippen LogP contribution in [0.2, 0.25) is 0 Å². The van der Waals surface area contributed by atoms with Crippen molar-refractivity contribution in [3.8, 4) is 6.07 Å². The van der Waals surface area contributed by atoms with Gasteiger partial charge in [-0.1, -0.05) is 39.8 Å². The number of carbonyl (C=O) groups is 1. The number of hydrogen-bond donors (Lipinski definition) is 0. The Morgan fingerprint density at radius 3 is 1.88 bits per heavy atom. The predicted octanol–water partition coefficient (Wildman–Crippen LogP) is 1.36. The Balaban J connectivity index is -0.000000331. The summed E-state index contributed by atoms with van der Waals surface area (Å²) in [6, 6.07) is 12.5. The van der Waals surface area contributed by atoms with Crippen molar-refractivity contribution in [2.24, 2.45) is 11.8 Å². The third-order valence-corrected chi connectivity index (χ3v) is 2.32. The Morgan fingerprint density at radius 2 is 1.58 bits per heavy atom. The van der Waals surface area contributed by atoms with Gasteiger partial charge in [0.1, 0.15) is 17.5 Å². The predicted molar refractivity (Wildman–Crippen MR) is 103 cm³/mol. The zero-order chi connectivity index (χ0) is 18.4. The molecule has 0 fully saturated rings. The summed E-state index contributed by atoms with van der Waals surface area (Å²) in [7, 11) is 0. The van der Waals surface area contributed by atoms with Gasteiger partial charge in [0, 0.05) is 18.8 Å². The second kappa shape index (κ2) is 18.5. The zero-order valence-electron chi connectivity index (χ0n) is 16.0. The molecular formula is C20H26BrMgN3O. The Bertz CT molecular complexity index is 611. The Labute approximate surface area is 184 Å². The molecule has 0 unspecified atom stereocenters. The number of pyridine rings is 2. The summed E-state index contributed by atoms with van der Waals surface area (Å²) in [5, 5.41) is 8.23. The Kier molecular flexibility index (Phi) is 21.0. The Morgan fingerprint density at radius 1 is 1.08 bits per heavy atom. The van der Waals surface area contributed by atoms with Crippen LogP contribution in [0.15, 0.2) is 48.8 Å². The van der Waals surface area contributed by atoms with Crippen LogP contribution in [0, 0.1) is 30.1 Å². The normalized spacial score (nSPS) is 8.54. The molecule has 2 rings (SSSR count). The third kappa shape index (κ3) is 17.5. The fourth-order valence-corrected chi connectivity index (χ4v) is 1.43. The van der Waals surface area contributed by atoms with Gasteiger partial charge in [0.25, 0.3) is 0 Å². The summed E-state index contributed by atoms with van der Waals surface area (Å²) in [6.07, 6.45) is 3.82. The van der Waals surface area contributed by atoms with Gasteiger partial charge in [0.15, 0.2) is 5.78 Å². The van der Waals surface area contributed by atoms with Crippen LogP contribution in [0.5, 0.6) is 0 Å². The van der Waals surface area contributed by atoms with E-state index >= 15 is 0 Å². The van der Waals surface area contributed by atoms with Crippen LogP contribution < -0.4 is 17.0 Å².